The van der Waals surface area contributed by atoms with E-state index in [4.69, 9.17) is 9.47 Å². The summed E-state index contributed by atoms with van der Waals surface area (Å²) in [5.74, 6) is -0.773. The van der Waals surface area contributed by atoms with Crippen LogP contribution in [-0.4, -0.2) is 12.6 Å². The molecule has 0 spiro atoms. The molecule has 0 atom stereocenters. The molecule has 2 rings (SSSR count). The molecule has 0 aliphatic rings. The number of hydrogen-bond acceptors (Lipinski definition) is 3. The standard InChI is InChI=1S/C20H21F3O3/c1-4-14-7-6-8-15(19(24)25-5-2)16(14)12-26-18-10-9-13(3)11-17(18)20(21,22)23/h6-11H,4-5,12H2,1-3H3. The Labute approximate surface area is 150 Å². The summed E-state index contributed by atoms with van der Waals surface area (Å²) in [6.07, 6.45) is -3.90. The number of hydrogen-bond donors (Lipinski definition) is 0. The number of carbonyl (C=O) groups excluding carboxylic acids is 1. The lowest BCUT2D eigenvalue weighted by atomic mass is 9.99. The smallest absolute Gasteiger partial charge is 0.419 e. The minimum absolute atomic E-state index is 0.149. The maximum Gasteiger partial charge on any atom is 0.419 e. The van der Waals surface area contributed by atoms with E-state index in [9.17, 15) is 18.0 Å². The van der Waals surface area contributed by atoms with E-state index in [1.807, 2.05) is 13.0 Å². The van der Waals surface area contributed by atoms with Crippen molar-refractivity contribution >= 4 is 5.97 Å². The second-order valence-electron chi connectivity index (χ2n) is 5.80. The van der Waals surface area contributed by atoms with Gasteiger partial charge in [-0.2, -0.15) is 13.2 Å². The van der Waals surface area contributed by atoms with Gasteiger partial charge in [0.15, 0.2) is 0 Å². The van der Waals surface area contributed by atoms with Gasteiger partial charge in [-0.1, -0.05) is 30.7 Å². The van der Waals surface area contributed by atoms with Gasteiger partial charge in [0, 0.05) is 5.56 Å². The van der Waals surface area contributed by atoms with Gasteiger partial charge in [-0.15, -0.1) is 0 Å². The maximum atomic E-state index is 13.3. The lowest BCUT2D eigenvalue weighted by molar-refractivity contribution is -0.139. The summed E-state index contributed by atoms with van der Waals surface area (Å²) in [7, 11) is 0. The molecule has 2 aromatic rings. The largest absolute Gasteiger partial charge is 0.488 e. The van der Waals surface area contributed by atoms with E-state index in [-0.39, 0.29) is 19.0 Å². The predicted octanol–water partition coefficient (Wildman–Crippen LogP) is 5.33. The molecule has 0 radical (unpaired) electrons. The van der Waals surface area contributed by atoms with E-state index in [1.165, 1.54) is 6.07 Å². The van der Waals surface area contributed by atoms with Crippen molar-refractivity contribution < 1.29 is 27.4 Å². The fourth-order valence-corrected chi connectivity index (χ4v) is 2.68. The zero-order valence-electron chi connectivity index (χ0n) is 14.9. The van der Waals surface area contributed by atoms with Crippen molar-refractivity contribution in [3.05, 3.63) is 64.2 Å². The van der Waals surface area contributed by atoms with Crippen molar-refractivity contribution in [2.45, 2.75) is 40.0 Å². The highest BCUT2D eigenvalue weighted by atomic mass is 19.4. The first-order valence-electron chi connectivity index (χ1n) is 8.36. The lowest BCUT2D eigenvalue weighted by Crippen LogP contribution is -2.14. The van der Waals surface area contributed by atoms with E-state index in [0.29, 0.717) is 23.1 Å². The van der Waals surface area contributed by atoms with Crippen molar-refractivity contribution in [1.29, 1.82) is 0 Å². The summed E-state index contributed by atoms with van der Waals surface area (Å²) in [4.78, 5) is 12.2. The molecule has 140 valence electrons. The number of ether oxygens (including phenoxy) is 2. The molecule has 0 unspecified atom stereocenters. The van der Waals surface area contributed by atoms with Crippen molar-refractivity contribution in [3.63, 3.8) is 0 Å². The van der Waals surface area contributed by atoms with Gasteiger partial charge in [0.2, 0.25) is 0 Å². The van der Waals surface area contributed by atoms with Gasteiger partial charge in [0.1, 0.15) is 12.4 Å². The Hall–Kier alpha value is -2.50. The van der Waals surface area contributed by atoms with Crippen LogP contribution in [0.5, 0.6) is 5.75 Å². The maximum absolute atomic E-state index is 13.3. The van der Waals surface area contributed by atoms with Gasteiger partial charge in [0.25, 0.3) is 0 Å². The molecule has 0 amide bonds. The highest BCUT2D eigenvalue weighted by Crippen LogP contribution is 2.37. The summed E-state index contributed by atoms with van der Waals surface area (Å²) in [6.45, 7) is 5.25. The van der Waals surface area contributed by atoms with Crippen LogP contribution in [0.25, 0.3) is 0 Å². The van der Waals surface area contributed by atoms with Crippen LogP contribution in [0.3, 0.4) is 0 Å². The molecule has 0 bridgehead atoms. The van der Waals surface area contributed by atoms with Gasteiger partial charge in [-0.3, -0.25) is 0 Å². The Morgan fingerprint density at radius 1 is 1.12 bits per heavy atom. The van der Waals surface area contributed by atoms with Crippen LogP contribution < -0.4 is 4.74 Å². The molecule has 6 heteroatoms. The van der Waals surface area contributed by atoms with Gasteiger partial charge >= 0.3 is 12.1 Å². The van der Waals surface area contributed by atoms with Crippen LogP contribution in [0.15, 0.2) is 36.4 Å². The Balaban J connectivity index is 2.37. The van der Waals surface area contributed by atoms with E-state index in [1.54, 1.807) is 32.0 Å². The summed E-state index contributed by atoms with van der Waals surface area (Å²) < 4.78 is 50.3. The van der Waals surface area contributed by atoms with Crippen LogP contribution in [0.2, 0.25) is 0 Å². The molecule has 0 saturated carbocycles. The van der Waals surface area contributed by atoms with Crippen molar-refractivity contribution in [1.82, 2.24) is 0 Å². The third-order valence-electron chi connectivity index (χ3n) is 3.96. The number of benzene rings is 2. The Kier molecular flexibility index (Phi) is 6.29. The first-order valence-corrected chi connectivity index (χ1v) is 8.36. The summed E-state index contributed by atoms with van der Waals surface area (Å²) in [5, 5.41) is 0. The zero-order chi connectivity index (χ0) is 19.3. The SMILES string of the molecule is CCOC(=O)c1cccc(CC)c1COc1ccc(C)cc1C(F)(F)F. The number of rotatable bonds is 6. The topological polar surface area (TPSA) is 35.5 Å². The molecule has 0 fully saturated rings. The lowest BCUT2D eigenvalue weighted by Gasteiger charge is -2.17. The van der Waals surface area contributed by atoms with Crippen LogP contribution in [0, 0.1) is 6.92 Å². The van der Waals surface area contributed by atoms with Gasteiger partial charge in [-0.05, 0) is 44.0 Å². The highest BCUT2D eigenvalue weighted by Gasteiger charge is 2.34. The first kappa shape index (κ1) is 19.8. The minimum atomic E-state index is -4.52. The molecule has 0 N–H and O–H groups in total. The second kappa shape index (κ2) is 8.25. The normalized spacial score (nSPS) is 11.3. The second-order valence-corrected chi connectivity index (χ2v) is 5.80. The number of carbonyl (C=O) groups is 1. The van der Waals surface area contributed by atoms with Crippen molar-refractivity contribution in [3.8, 4) is 5.75 Å². The molecular formula is C20H21F3O3. The zero-order valence-corrected chi connectivity index (χ0v) is 14.9. The predicted molar refractivity (Wildman–Crippen MR) is 92.3 cm³/mol. The molecule has 0 heterocycles. The molecule has 0 aliphatic carbocycles. The van der Waals surface area contributed by atoms with Gasteiger partial charge in [-0.25, -0.2) is 4.79 Å². The third kappa shape index (κ3) is 4.56. The highest BCUT2D eigenvalue weighted by molar-refractivity contribution is 5.91. The van der Waals surface area contributed by atoms with Crippen LogP contribution in [0.4, 0.5) is 13.2 Å². The van der Waals surface area contributed by atoms with Crippen molar-refractivity contribution in [2.24, 2.45) is 0 Å². The van der Waals surface area contributed by atoms with Crippen LogP contribution >= 0.6 is 0 Å². The number of alkyl halides is 3. The summed E-state index contributed by atoms with van der Waals surface area (Å²) >= 11 is 0. The Bertz CT molecular complexity index is 782. The average Bonchev–Trinajstić information content (AvgIpc) is 2.59. The van der Waals surface area contributed by atoms with Gasteiger partial charge in [0.05, 0.1) is 17.7 Å². The number of aryl methyl sites for hydroxylation is 2. The fraction of sp³-hybridized carbons (Fsp3) is 0.350. The molecule has 26 heavy (non-hydrogen) atoms. The van der Waals surface area contributed by atoms with E-state index in [0.717, 1.165) is 11.6 Å². The first-order chi connectivity index (χ1) is 12.3. The minimum Gasteiger partial charge on any atom is -0.488 e. The molecule has 0 aromatic heterocycles. The molecule has 0 aliphatic heterocycles. The molecular weight excluding hydrogens is 345 g/mol. The molecule has 0 saturated heterocycles. The van der Waals surface area contributed by atoms with Crippen LogP contribution in [-0.2, 0) is 23.9 Å². The number of esters is 1. The summed E-state index contributed by atoms with van der Waals surface area (Å²) in [6, 6.07) is 9.05. The van der Waals surface area contributed by atoms with Crippen molar-refractivity contribution in [2.75, 3.05) is 6.61 Å². The van der Waals surface area contributed by atoms with E-state index >= 15 is 0 Å². The monoisotopic (exact) mass is 366 g/mol. The third-order valence-corrected chi connectivity index (χ3v) is 3.96. The molecule has 3 nitrogen and oxygen atoms in total. The average molecular weight is 366 g/mol. The van der Waals surface area contributed by atoms with Gasteiger partial charge < -0.3 is 9.47 Å². The molecule has 2 aromatic carbocycles. The van der Waals surface area contributed by atoms with E-state index < -0.39 is 17.7 Å². The summed E-state index contributed by atoms with van der Waals surface area (Å²) in [5.41, 5.74) is 1.35. The fourth-order valence-electron chi connectivity index (χ4n) is 2.68. The number of halogens is 3. The van der Waals surface area contributed by atoms with E-state index in [2.05, 4.69) is 0 Å². The Morgan fingerprint density at radius 2 is 1.85 bits per heavy atom. The Morgan fingerprint density at radius 3 is 2.46 bits per heavy atom. The van der Waals surface area contributed by atoms with Crippen LogP contribution in [0.1, 0.15) is 46.5 Å². The quantitative estimate of drug-likeness (QED) is 0.648.